The second kappa shape index (κ2) is 9.48. The van der Waals surface area contributed by atoms with E-state index in [4.69, 9.17) is 9.72 Å². The van der Waals surface area contributed by atoms with Crippen LogP contribution in [0.1, 0.15) is 22.8 Å². The van der Waals surface area contributed by atoms with Gasteiger partial charge < -0.3 is 20.3 Å². The Hall–Kier alpha value is -3.59. The highest BCUT2D eigenvalue weighted by Gasteiger charge is 2.17. The molecule has 9 heteroatoms. The van der Waals surface area contributed by atoms with Gasteiger partial charge in [0.05, 0.1) is 36.9 Å². The zero-order chi connectivity index (χ0) is 21.6. The molecule has 160 valence electrons. The third-order valence-corrected chi connectivity index (χ3v) is 5.00. The van der Waals surface area contributed by atoms with Crippen molar-refractivity contribution >= 4 is 23.4 Å². The van der Waals surface area contributed by atoms with Crippen LogP contribution in [0.5, 0.6) is 0 Å². The molecule has 1 aliphatic heterocycles. The first-order valence-corrected chi connectivity index (χ1v) is 10.3. The molecule has 0 radical (unpaired) electrons. The van der Waals surface area contributed by atoms with Crippen LogP contribution in [0.2, 0.25) is 0 Å². The topological polar surface area (TPSA) is 105 Å². The van der Waals surface area contributed by atoms with Crippen molar-refractivity contribution in [2.45, 2.75) is 13.8 Å². The highest BCUT2D eigenvalue weighted by molar-refractivity contribution is 6.04. The first-order valence-electron chi connectivity index (χ1n) is 10.3. The number of hydrogen-bond acceptors (Lipinski definition) is 8. The minimum Gasteiger partial charge on any atom is -0.378 e. The molecule has 1 aromatic carbocycles. The highest BCUT2D eigenvalue weighted by Crippen LogP contribution is 2.29. The number of benzene rings is 1. The molecule has 2 N–H and O–H groups in total. The molecule has 0 atom stereocenters. The van der Waals surface area contributed by atoms with E-state index in [9.17, 15) is 4.79 Å². The van der Waals surface area contributed by atoms with Gasteiger partial charge in [0, 0.05) is 37.0 Å². The Balaban J connectivity index is 1.67. The van der Waals surface area contributed by atoms with Crippen LogP contribution in [-0.2, 0) is 4.74 Å². The smallest absolute Gasteiger partial charge is 0.257 e. The maximum atomic E-state index is 12.5. The van der Waals surface area contributed by atoms with Crippen molar-refractivity contribution in [3.05, 3.63) is 53.9 Å². The van der Waals surface area contributed by atoms with Crippen molar-refractivity contribution in [3.63, 3.8) is 0 Å². The summed E-state index contributed by atoms with van der Waals surface area (Å²) in [6.45, 7) is 7.70. The summed E-state index contributed by atoms with van der Waals surface area (Å²) in [5, 5.41) is 13.6. The molecule has 2 aromatic heterocycles. The van der Waals surface area contributed by atoms with Crippen LogP contribution in [0.25, 0.3) is 11.3 Å². The predicted molar refractivity (Wildman–Crippen MR) is 119 cm³/mol. The lowest BCUT2D eigenvalue weighted by Gasteiger charge is -2.28. The van der Waals surface area contributed by atoms with E-state index in [0.29, 0.717) is 30.4 Å². The first kappa shape index (κ1) is 20.7. The largest absolute Gasteiger partial charge is 0.378 e. The van der Waals surface area contributed by atoms with E-state index < -0.39 is 0 Å². The van der Waals surface area contributed by atoms with Gasteiger partial charge in [0.1, 0.15) is 5.82 Å². The predicted octanol–water partition coefficient (Wildman–Crippen LogP) is 2.76. The molecule has 3 aromatic rings. The van der Waals surface area contributed by atoms with Gasteiger partial charge in [0.2, 0.25) is 5.95 Å². The molecule has 31 heavy (non-hydrogen) atoms. The van der Waals surface area contributed by atoms with Crippen LogP contribution < -0.4 is 15.5 Å². The van der Waals surface area contributed by atoms with E-state index >= 15 is 0 Å². The average Bonchev–Trinajstić information content (AvgIpc) is 2.81. The number of hydrogen-bond donors (Lipinski definition) is 2. The molecule has 9 nitrogen and oxygen atoms in total. The van der Waals surface area contributed by atoms with Crippen LogP contribution in [-0.4, -0.2) is 58.9 Å². The van der Waals surface area contributed by atoms with Crippen LogP contribution in [0.4, 0.5) is 17.5 Å². The fourth-order valence-electron chi connectivity index (χ4n) is 3.37. The van der Waals surface area contributed by atoms with E-state index in [1.807, 2.05) is 38.1 Å². The lowest BCUT2D eigenvalue weighted by atomic mass is 10.0. The highest BCUT2D eigenvalue weighted by atomic mass is 16.5. The van der Waals surface area contributed by atoms with Gasteiger partial charge in [-0.1, -0.05) is 6.07 Å². The number of nitrogens with zero attached hydrogens (tertiary/aromatic N) is 5. The Labute approximate surface area is 180 Å². The van der Waals surface area contributed by atoms with Crippen molar-refractivity contribution < 1.29 is 9.53 Å². The van der Waals surface area contributed by atoms with Crippen molar-refractivity contribution in [1.82, 2.24) is 20.2 Å². The molecule has 1 fully saturated rings. The Kier molecular flexibility index (Phi) is 6.32. The summed E-state index contributed by atoms with van der Waals surface area (Å²) in [4.78, 5) is 24.1. The van der Waals surface area contributed by atoms with E-state index in [2.05, 4.69) is 30.7 Å². The van der Waals surface area contributed by atoms with E-state index in [0.717, 1.165) is 42.3 Å². The number of aryl methyl sites for hydroxylation is 1. The molecule has 3 heterocycles. The Morgan fingerprint density at radius 3 is 2.71 bits per heavy atom. The number of rotatable bonds is 6. The maximum Gasteiger partial charge on any atom is 0.257 e. The molecule has 0 spiro atoms. The molecule has 1 saturated heterocycles. The summed E-state index contributed by atoms with van der Waals surface area (Å²) < 4.78 is 5.47. The summed E-state index contributed by atoms with van der Waals surface area (Å²) >= 11 is 0. The van der Waals surface area contributed by atoms with Gasteiger partial charge in [-0.2, -0.15) is 15.2 Å². The van der Waals surface area contributed by atoms with Gasteiger partial charge in [0.25, 0.3) is 5.91 Å². The SMILES string of the molecule is CCNc1nc(-c2cc(NC(=O)c3ccnnc3)ccc2C)cc(N2CCOCC2)n1. The van der Waals surface area contributed by atoms with Gasteiger partial charge in [0.15, 0.2) is 0 Å². The average molecular weight is 419 g/mol. The second-order valence-corrected chi connectivity index (χ2v) is 7.18. The minimum absolute atomic E-state index is 0.241. The molecular weight excluding hydrogens is 394 g/mol. The fraction of sp³-hybridized carbons (Fsp3) is 0.318. The minimum atomic E-state index is -0.241. The van der Waals surface area contributed by atoms with Crippen LogP contribution in [0.15, 0.2) is 42.7 Å². The second-order valence-electron chi connectivity index (χ2n) is 7.18. The number of amides is 1. The van der Waals surface area contributed by atoms with Crippen LogP contribution in [0.3, 0.4) is 0 Å². The van der Waals surface area contributed by atoms with Crippen molar-refractivity contribution in [2.75, 3.05) is 48.4 Å². The molecule has 0 bridgehead atoms. The Morgan fingerprint density at radius 1 is 1.13 bits per heavy atom. The summed E-state index contributed by atoms with van der Waals surface area (Å²) in [5.41, 5.74) is 3.91. The third-order valence-electron chi connectivity index (χ3n) is 5.00. The number of carbonyl (C=O) groups excluding carboxylic acids is 1. The number of aromatic nitrogens is 4. The van der Waals surface area contributed by atoms with Crippen LogP contribution >= 0.6 is 0 Å². The van der Waals surface area contributed by atoms with Crippen molar-refractivity contribution in [3.8, 4) is 11.3 Å². The molecular formula is C22H25N7O2. The maximum absolute atomic E-state index is 12.5. The van der Waals surface area contributed by atoms with Crippen LogP contribution in [0, 0.1) is 6.92 Å². The zero-order valence-electron chi connectivity index (χ0n) is 17.6. The lowest BCUT2D eigenvalue weighted by molar-refractivity contribution is 0.102. The quantitative estimate of drug-likeness (QED) is 0.628. The molecule has 1 amide bonds. The normalized spacial score (nSPS) is 13.7. The summed E-state index contributed by atoms with van der Waals surface area (Å²) in [6, 6.07) is 9.40. The van der Waals surface area contributed by atoms with Gasteiger partial charge in [-0.3, -0.25) is 4.79 Å². The standard InChI is InChI=1S/C22H25N7O2/c1-3-23-22-27-19(13-20(28-22)29-8-10-31-11-9-29)18-12-17(5-4-15(18)2)26-21(30)16-6-7-24-25-14-16/h4-7,12-14H,3,8-11H2,1-2H3,(H,26,30)(H,23,27,28). The Morgan fingerprint density at radius 2 is 1.97 bits per heavy atom. The van der Waals surface area contributed by atoms with Crippen molar-refractivity contribution in [2.24, 2.45) is 0 Å². The number of morpholine rings is 1. The fourth-order valence-corrected chi connectivity index (χ4v) is 3.37. The number of ether oxygens (including phenoxy) is 1. The summed E-state index contributed by atoms with van der Waals surface area (Å²) in [7, 11) is 0. The van der Waals surface area contributed by atoms with Gasteiger partial charge in [-0.25, -0.2) is 4.98 Å². The van der Waals surface area contributed by atoms with E-state index in [1.54, 1.807) is 6.07 Å². The Bertz CT molecular complexity index is 1050. The van der Waals surface area contributed by atoms with Gasteiger partial charge >= 0.3 is 0 Å². The molecule has 0 aliphatic carbocycles. The monoisotopic (exact) mass is 419 g/mol. The van der Waals surface area contributed by atoms with E-state index in [1.165, 1.54) is 12.4 Å². The zero-order valence-corrected chi connectivity index (χ0v) is 17.6. The number of nitrogens with one attached hydrogen (secondary N) is 2. The van der Waals surface area contributed by atoms with Gasteiger partial charge in [-0.05, 0) is 37.6 Å². The summed E-state index contributed by atoms with van der Waals surface area (Å²) in [6.07, 6.45) is 2.93. The molecule has 4 rings (SSSR count). The molecule has 0 saturated carbocycles. The first-order chi connectivity index (χ1) is 15.1. The molecule has 0 unspecified atom stereocenters. The third kappa shape index (κ3) is 4.95. The van der Waals surface area contributed by atoms with E-state index in [-0.39, 0.29) is 5.91 Å². The number of anilines is 3. The van der Waals surface area contributed by atoms with Gasteiger partial charge in [-0.15, -0.1) is 0 Å². The summed E-state index contributed by atoms with van der Waals surface area (Å²) in [5.74, 6) is 1.20. The lowest BCUT2D eigenvalue weighted by Crippen LogP contribution is -2.37. The van der Waals surface area contributed by atoms with Crippen molar-refractivity contribution in [1.29, 1.82) is 0 Å². The molecule has 1 aliphatic rings. The number of carbonyl (C=O) groups is 1.